The van der Waals surface area contributed by atoms with Crippen molar-refractivity contribution in [2.45, 2.75) is 44.6 Å². The molecule has 3 unspecified atom stereocenters. The zero-order valence-electron chi connectivity index (χ0n) is 12.9. The lowest BCUT2D eigenvalue weighted by molar-refractivity contribution is 0.109. The molecule has 1 aromatic carbocycles. The first kappa shape index (κ1) is 14.1. The number of nitrogens with zero attached hydrogens (tertiary/aromatic N) is 1. The second-order valence-corrected chi connectivity index (χ2v) is 6.68. The van der Waals surface area contributed by atoms with Gasteiger partial charge in [-0.3, -0.25) is 4.90 Å². The number of likely N-dealkylation sites (tertiary alicyclic amines) is 1. The van der Waals surface area contributed by atoms with Gasteiger partial charge in [-0.05, 0) is 68.8 Å². The van der Waals surface area contributed by atoms with Gasteiger partial charge in [0, 0.05) is 12.6 Å². The molecule has 1 fully saturated rings. The van der Waals surface area contributed by atoms with E-state index in [1.54, 1.807) is 11.1 Å². The highest BCUT2D eigenvalue weighted by Gasteiger charge is 2.31. The molecule has 0 aromatic heterocycles. The van der Waals surface area contributed by atoms with Crippen LogP contribution in [0.25, 0.3) is 0 Å². The zero-order chi connectivity index (χ0) is 13.9. The van der Waals surface area contributed by atoms with Gasteiger partial charge in [0.15, 0.2) is 0 Å². The molecule has 0 amide bonds. The Bertz CT molecular complexity index is 441. The second-order valence-electron chi connectivity index (χ2n) is 6.68. The van der Waals surface area contributed by atoms with E-state index >= 15 is 0 Å². The molecular formula is C18H28N2. The van der Waals surface area contributed by atoms with Gasteiger partial charge in [-0.1, -0.05) is 31.2 Å². The van der Waals surface area contributed by atoms with Crippen LogP contribution >= 0.6 is 0 Å². The minimum atomic E-state index is 0.669. The largest absolute Gasteiger partial charge is 0.319 e. The molecule has 1 aliphatic carbocycles. The van der Waals surface area contributed by atoms with E-state index in [4.69, 9.17) is 0 Å². The van der Waals surface area contributed by atoms with Gasteiger partial charge in [-0.2, -0.15) is 0 Å². The third-order valence-electron chi connectivity index (χ3n) is 5.24. The highest BCUT2D eigenvalue weighted by molar-refractivity contribution is 5.35. The van der Waals surface area contributed by atoms with Crippen LogP contribution in [-0.4, -0.2) is 31.6 Å². The van der Waals surface area contributed by atoms with Gasteiger partial charge in [0.1, 0.15) is 0 Å². The average molecular weight is 272 g/mol. The van der Waals surface area contributed by atoms with Crippen LogP contribution in [0.15, 0.2) is 24.3 Å². The summed E-state index contributed by atoms with van der Waals surface area (Å²) in [6.45, 7) is 6.11. The summed E-state index contributed by atoms with van der Waals surface area (Å²) < 4.78 is 0. The van der Waals surface area contributed by atoms with Crippen molar-refractivity contribution in [2.75, 3.05) is 26.7 Å². The quantitative estimate of drug-likeness (QED) is 0.905. The molecule has 0 radical (unpaired) electrons. The van der Waals surface area contributed by atoms with E-state index in [2.05, 4.69) is 48.5 Å². The molecule has 1 aliphatic heterocycles. The van der Waals surface area contributed by atoms with Crippen molar-refractivity contribution in [1.29, 1.82) is 0 Å². The van der Waals surface area contributed by atoms with E-state index in [9.17, 15) is 0 Å². The number of nitrogens with one attached hydrogen (secondary N) is 1. The van der Waals surface area contributed by atoms with E-state index in [0.29, 0.717) is 6.04 Å². The monoisotopic (exact) mass is 272 g/mol. The summed E-state index contributed by atoms with van der Waals surface area (Å²) in [4.78, 5) is 2.76. The minimum absolute atomic E-state index is 0.669. The molecule has 1 aromatic rings. The van der Waals surface area contributed by atoms with Crippen molar-refractivity contribution in [3.63, 3.8) is 0 Å². The molecule has 2 nitrogen and oxygen atoms in total. The molecule has 0 saturated carbocycles. The number of hydrogen-bond donors (Lipinski definition) is 1. The van der Waals surface area contributed by atoms with E-state index in [1.165, 1.54) is 45.3 Å². The van der Waals surface area contributed by atoms with Gasteiger partial charge >= 0.3 is 0 Å². The summed E-state index contributed by atoms with van der Waals surface area (Å²) >= 11 is 0. The molecule has 1 heterocycles. The molecule has 110 valence electrons. The maximum Gasteiger partial charge on any atom is 0.0351 e. The lowest BCUT2D eigenvalue weighted by atomic mass is 9.79. The minimum Gasteiger partial charge on any atom is -0.319 e. The summed E-state index contributed by atoms with van der Waals surface area (Å²) in [5.41, 5.74) is 3.20. The fourth-order valence-electron chi connectivity index (χ4n) is 4.20. The molecule has 2 aliphatic rings. The van der Waals surface area contributed by atoms with Crippen molar-refractivity contribution in [3.8, 4) is 0 Å². The van der Waals surface area contributed by atoms with Crippen molar-refractivity contribution in [3.05, 3.63) is 35.4 Å². The molecular weight excluding hydrogens is 244 g/mol. The Labute approximate surface area is 123 Å². The van der Waals surface area contributed by atoms with Crippen LogP contribution < -0.4 is 5.32 Å². The van der Waals surface area contributed by atoms with Gasteiger partial charge in [-0.25, -0.2) is 0 Å². The van der Waals surface area contributed by atoms with Crippen molar-refractivity contribution in [1.82, 2.24) is 10.2 Å². The van der Waals surface area contributed by atoms with Crippen molar-refractivity contribution >= 4 is 0 Å². The van der Waals surface area contributed by atoms with Crippen LogP contribution in [0.1, 0.15) is 55.7 Å². The Balaban J connectivity index is 1.79. The molecule has 1 saturated heterocycles. The topological polar surface area (TPSA) is 15.3 Å². The molecule has 3 rings (SSSR count). The maximum atomic E-state index is 3.36. The fraction of sp³-hybridized carbons (Fsp3) is 0.667. The first-order valence-electron chi connectivity index (χ1n) is 8.27. The molecule has 2 heteroatoms. The predicted octanol–water partition coefficient (Wildman–Crippen LogP) is 3.56. The van der Waals surface area contributed by atoms with Crippen LogP contribution in [0, 0.1) is 5.92 Å². The Hall–Kier alpha value is -0.860. The Kier molecular flexibility index (Phi) is 4.42. The third kappa shape index (κ3) is 2.77. The van der Waals surface area contributed by atoms with Crippen LogP contribution in [-0.2, 0) is 0 Å². The first-order valence-corrected chi connectivity index (χ1v) is 8.27. The van der Waals surface area contributed by atoms with Crippen LogP contribution in [0.5, 0.6) is 0 Å². The van der Waals surface area contributed by atoms with Crippen molar-refractivity contribution in [2.24, 2.45) is 5.92 Å². The molecule has 1 N–H and O–H groups in total. The van der Waals surface area contributed by atoms with E-state index in [1.807, 2.05) is 0 Å². The number of benzene rings is 1. The number of piperidine rings is 1. The standard InChI is InChI=1S/C18H28N2/c1-14-9-10-18(17-8-4-3-7-16(14)17)20-11-5-6-15(13-20)12-19-2/h3-4,7-8,14-15,18-19H,5-6,9-13H2,1-2H3. The van der Waals surface area contributed by atoms with Gasteiger partial charge in [0.05, 0.1) is 0 Å². The molecule has 3 atom stereocenters. The third-order valence-corrected chi connectivity index (χ3v) is 5.24. The van der Waals surface area contributed by atoms with Gasteiger partial charge in [0.25, 0.3) is 0 Å². The highest BCUT2D eigenvalue weighted by atomic mass is 15.2. The smallest absolute Gasteiger partial charge is 0.0351 e. The molecule has 0 bridgehead atoms. The average Bonchev–Trinajstić information content (AvgIpc) is 2.49. The Morgan fingerprint density at radius 2 is 1.95 bits per heavy atom. The van der Waals surface area contributed by atoms with Crippen LogP contribution in [0.2, 0.25) is 0 Å². The van der Waals surface area contributed by atoms with Crippen molar-refractivity contribution < 1.29 is 0 Å². The summed E-state index contributed by atoms with van der Waals surface area (Å²) in [7, 11) is 2.08. The summed E-state index contributed by atoms with van der Waals surface area (Å²) in [6, 6.07) is 9.82. The van der Waals surface area contributed by atoms with E-state index in [-0.39, 0.29) is 0 Å². The Morgan fingerprint density at radius 3 is 2.75 bits per heavy atom. The fourth-order valence-corrected chi connectivity index (χ4v) is 4.20. The number of hydrogen-bond acceptors (Lipinski definition) is 2. The molecule has 0 spiro atoms. The van der Waals surface area contributed by atoms with E-state index in [0.717, 1.165) is 11.8 Å². The second kappa shape index (κ2) is 6.28. The summed E-state index contributed by atoms with van der Waals surface area (Å²) in [5, 5.41) is 3.36. The van der Waals surface area contributed by atoms with E-state index < -0.39 is 0 Å². The summed E-state index contributed by atoms with van der Waals surface area (Å²) in [5.74, 6) is 1.57. The maximum absolute atomic E-state index is 3.36. The van der Waals surface area contributed by atoms with Crippen LogP contribution in [0.3, 0.4) is 0 Å². The van der Waals surface area contributed by atoms with Gasteiger partial charge < -0.3 is 5.32 Å². The summed E-state index contributed by atoms with van der Waals surface area (Å²) in [6.07, 6.45) is 5.43. The van der Waals surface area contributed by atoms with Crippen LogP contribution in [0.4, 0.5) is 0 Å². The van der Waals surface area contributed by atoms with Gasteiger partial charge in [-0.15, -0.1) is 0 Å². The Morgan fingerprint density at radius 1 is 1.15 bits per heavy atom. The highest BCUT2D eigenvalue weighted by Crippen LogP contribution is 2.41. The number of rotatable bonds is 3. The predicted molar refractivity (Wildman–Crippen MR) is 85.1 cm³/mol. The first-order chi connectivity index (χ1) is 9.79. The lowest BCUT2D eigenvalue weighted by Gasteiger charge is -2.42. The zero-order valence-corrected chi connectivity index (χ0v) is 12.9. The normalized spacial score (nSPS) is 31.0. The number of fused-ring (bicyclic) bond motifs is 1. The molecule has 20 heavy (non-hydrogen) atoms. The lowest BCUT2D eigenvalue weighted by Crippen LogP contribution is -2.42. The van der Waals surface area contributed by atoms with Gasteiger partial charge in [0.2, 0.25) is 0 Å². The SMILES string of the molecule is CNCC1CCCN(C2CCC(C)c3ccccc32)C1.